The van der Waals surface area contributed by atoms with E-state index < -0.39 is 0 Å². The Bertz CT molecular complexity index is 409. The zero-order chi connectivity index (χ0) is 13.1. The maximum atomic E-state index is 6.30. The van der Waals surface area contributed by atoms with Crippen LogP contribution < -0.4 is 10.1 Å². The van der Waals surface area contributed by atoms with E-state index >= 15 is 0 Å². The van der Waals surface area contributed by atoms with E-state index in [1.165, 1.54) is 12.0 Å². The Morgan fingerprint density at radius 1 is 1.37 bits per heavy atom. The molecule has 0 aliphatic carbocycles. The van der Waals surface area contributed by atoms with Crippen molar-refractivity contribution >= 4 is 24.0 Å². The quantitative estimate of drug-likeness (QED) is 0.901. The average Bonchev–Trinajstić information content (AvgIpc) is 2.32. The molecule has 0 unspecified atom stereocenters. The van der Waals surface area contributed by atoms with Gasteiger partial charge in [-0.25, -0.2) is 0 Å². The van der Waals surface area contributed by atoms with Gasteiger partial charge < -0.3 is 10.1 Å². The van der Waals surface area contributed by atoms with Gasteiger partial charge in [-0.3, -0.25) is 0 Å². The van der Waals surface area contributed by atoms with E-state index in [2.05, 4.69) is 24.4 Å². The second-order valence-corrected chi connectivity index (χ2v) is 5.84. The molecule has 2 atom stereocenters. The van der Waals surface area contributed by atoms with Crippen molar-refractivity contribution in [3.63, 3.8) is 0 Å². The number of piperidine rings is 1. The van der Waals surface area contributed by atoms with Crippen LogP contribution in [0.3, 0.4) is 0 Å². The normalized spacial score (nSPS) is 23.0. The Balaban J connectivity index is 0.00000180. The van der Waals surface area contributed by atoms with E-state index in [0.29, 0.717) is 11.8 Å². The molecule has 1 heterocycles. The molecule has 2 nitrogen and oxygen atoms in total. The molecule has 1 aliphatic rings. The fraction of sp³-hybridized carbons (Fsp3) is 0.600. The van der Waals surface area contributed by atoms with E-state index in [4.69, 9.17) is 16.3 Å². The van der Waals surface area contributed by atoms with Crippen LogP contribution in [0.4, 0.5) is 0 Å². The van der Waals surface area contributed by atoms with Crippen molar-refractivity contribution in [3.8, 4) is 5.75 Å². The molecule has 108 valence electrons. The van der Waals surface area contributed by atoms with Crippen LogP contribution >= 0.6 is 24.0 Å². The highest BCUT2D eigenvalue weighted by Gasteiger charge is 2.23. The summed E-state index contributed by atoms with van der Waals surface area (Å²) >= 11 is 6.30. The van der Waals surface area contributed by atoms with Gasteiger partial charge in [0.1, 0.15) is 5.75 Å². The topological polar surface area (TPSA) is 21.3 Å². The first kappa shape index (κ1) is 16.6. The third-order valence-electron chi connectivity index (χ3n) is 3.53. The van der Waals surface area contributed by atoms with Gasteiger partial charge in [0.25, 0.3) is 0 Å². The molecule has 1 saturated heterocycles. The minimum Gasteiger partial charge on any atom is -0.489 e. The summed E-state index contributed by atoms with van der Waals surface area (Å²) < 4.78 is 5.67. The molecule has 0 amide bonds. The number of hydrogen-bond donors (Lipinski definition) is 1. The fourth-order valence-electron chi connectivity index (χ4n) is 2.61. The molecule has 0 aromatic heterocycles. The second-order valence-electron chi connectivity index (χ2n) is 5.43. The van der Waals surface area contributed by atoms with E-state index in [1.807, 2.05) is 19.9 Å². The summed E-state index contributed by atoms with van der Waals surface area (Å²) in [5.74, 6) is 2.06. The van der Waals surface area contributed by atoms with E-state index in [9.17, 15) is 0 Å². The smallest absolute Gasteiger partial charge is 0.138 e. The molecule has 2 rings (SSSR count). The van der Waals surface area contributed by atoms with E-state index in [-0.39, 0.29) is 18.5 Å². The van der Waals surface area contributed by atoms with E-state index in [0.717, 1.165) is 23.9 Å². The Kier molecular flexibility index (Phi) is 6.45. The first-order valence-electron chi connectivity index (χ1n) is 6.74. The maximum absolute atomic E-state index is 6.30. The number of rotatable bonds is 3. The molecule has 0 spiro atoms. The van der Waals surface area contributed by atoms with Crippen molar-refractivity contribution in [3.05, 3.63) is 28.8 Å². The molecule has 1 aromatic rings. The van der Waals surface area contributed by atoms with Crippen LogP contribution in [0, 0.1) is 5.92 Å². The molecule has 0 saturated carbocycles. The first-order chi connectivity index (χ1) is 8.58. The van der Waals surface area contributed by atoms with Gasteiger partial charge >= 0.3 is 0 Å². The van der Waals surface area contributed by atoms with Gasteiger partial charge in [0.05, 0.1) is 11.1 Å². The fourth-order valence-corrected chi connectivity index (χ4v) is 2.84. The molecule has 0 radical (unpaired) electrons. The Hall–Kier alpha value is -0.440. The largest absolute Gasteiger partial charge is 0.489 e. The van der Waals surface area contributed by atoms with Crippen LogP contribution in [0.1, 0.15) is 38.7 Å². The molecule has 1 aromatic carbocycles. The zero-order valence-corrected chi connectivity index (χ0v) is 13.4. The van der Waals surface area contributed by atoms with Gasteiger partial charge in [-0.15, -0.1) is 12.4 Å². The van der Waals surface area contributed by atoms with Crippen LogP contribution in [0.5, 0.6) is 5.75 Å². The molecule has 1 N–H and O–H groups in total. The summed E-state index contributed by atoms with van der Waals surface area (Å²) in [5.41, 5.74) is 1.34. The summed E-state index contributed by atoms with van der Waals surface area (Å²) in [4.78, 5) is 0. The van der Waals surface area contributed by atoms with E-state index in [1.54, 1.807) is 0 Å². The molecular formula is C15H23Cl2NO. The standard InChI is InChI=1S/C15H22ClNO.ClH/c1-10(2)18-15-5-4-12(8-14(15)16)13-6-7-17-9-11(13)3;/h4-5,8,10-11,13,17H,6-7,9H2,1-3H3;1H/t11-,13+;/m1./s1. The summed E-state index contributed by atoms with van der Waals surface area (Å²) in [6.45, 7) is 8.50. The van der Waals surface area contributed by atoms with Crippen LogP contribution in [0.15, 0.2) is 18.2 Å². The molecule has 19 heavy (non-hydrogen) atoms. The third kappa shape index (κ3) is 4.27. The zero-order valence-electron chi connectivity index (χ0n) is 11.8. The summed E-state index contributed by atoms with van der Waals surface area (Å²) in [7, 11) is 0. The lowest BCUT2D eigenvalue weighted by molar-refractivity contribution is 0.242. The van der Waals surface area contributed by atoms with Crippen molar-refractivity contribution in [2.75, 3.05) is 13.1 Å². The number of nitrogens with one attached hydrogen (secondary N) is 1. The first-order valence-corrected chi connectivity index (χ1v) is 7.12. The van der Waals surface area contributed by atoms with Crippen molar-refractivity contribution in [1.82, 2.24) is 5.32 Å². The highest BCUT2D eigenvalue weighted by atomic mass is 35.5. The van der Waals surface area contributed by atoms with Crippen molar-refractivity contribution in [2.24, 2.45) is 5.92 Å². The number of halogens is 2. The van der Waals surface area contributed by atoms with Gasteiger partial charge in [-0.05, 0) is 62.9 Å². The highest BCUT2D eigenvalue weighted by molar-refractivity contribution is 6.32. The minimum absolute atomic E-state index is 0. The molecule has 1 fully saturated rings. The maximum Gasteiger partial charge on any atom is 0.138 e. The SMILES string of the molecule is CC(C)Oc1ccc([C@H]2CCNC[C@H]2C)cc1Cl.Cl. The van der Waals surface area contributed by atoms with Crippen LogP contribution in [0.2, 0.25) is 5.02 Å². The Morgan fingerprint density at radius 3 is 2.68 bits per heavy atom. The van der Waals surface area contributed by atoms with Crippen molar-refractivity contribution in [1.29, 1.82) is 0 Å². The monoisotopic (exact) mass is 303 g/mol. The predicted octanol–water partition coefficient (Wildman–Crippen LogP) is 4.26. The average molecular weight is 304 g/mol. The van der Waals surface area contributed by atoms with Gasteiger partial charge in [0.15, 0.2) is 0 Å². The Labute approximate surface area is 127 Å². The summed E-state index contributed by atoms with van der Waals surface area (Å²) in [5, 5.41) is 4.16. The van der Waals surface area contributed by atoms with Crippen LogP contribution in [-0.4, -0.2) is 19.2 Å². The molecular weight excluding hydrogens is 281 g/mol. The van der Waals surface area contributed by atoms with Crippen LogP contribution in [0.25, 0.3) is 0 Å². The lowest BCUT2D eigenvalue weighted by Gasteiger charge is -2.30. The minimum atomic E-state index is 0. The van der Waals surface area contributed by atoms with Crippen LogP contribution in [-0.2, 0) is 0 Å². The van der Waals surface area contributed by atoms with Crippen molar-refractivity contribution < 1.29 is 4.74 Å². The van der Waals surface area contributed by atoms with Gasteiger partial charge in [-0.2, -0.15) is 0 Å². The lowest BCUT2D eigenvalue weighted by Crippen LogP contribution is -2.33. The van der Waals surface area contributed by atoms with Gasteiger partial charge in [-0.1, -0.05) is 24.6 Å². The third-order valence-corrected chi connectivity index (χ3v) is 3.83. The summed E-state index contributed by atoms with van der Waals surface area (Å²) in [6, 6.07) is 6.24. The predicted molar refractivity (Wildman–Crippen MR) is 83.9 cm³/mol. The highest BCUT2D eigenvalue weighted by Crippen LogP contribution is 2.34. The second kappa shape index (κ2) is 7.37. The summed E-state index contributed by atoms with van der Waals surface area (Å²) in [6.07, 6.45) is 1.34. The Morgan fingerprint density at radius 2 is 2.11 bits per heavy atom. The van der Waals surface area contributed by atoms with Gasteiger partial charge in [0.2, 0.25) is 0 Å². The number of ether oxygens (including phenoxy) is 1. The number of benzene rings is 1. The van der Waals surface area contributed by atoms with Gasteiger partial charge in [0, 0.05) is 0 Å². The lowest BCUT2D eigenvalue weighted by atomic mass is 9.82. The number of hydrogen-bond acceptors (Lipinski definition) is 2. The molecule has 4 heteroatoms. The van der Waals surface area contributed by atoms with Crippen molar-refractivity contribution in [2.45, 2.75) is 39.2 Å². The molecule has 1 aliphatic heterocycles. The molecule has 0 bridgehead atoms.